The number of H-pyrrole nitrogens is 1. The van der Waals surface area contributed by atoms with E-state index in [-0.39, 0.29) is 9.77 Å². The maximum absolute atomic E-state index is 14.3. The van der Waals surface area contributed by atoms with E-state index in [0.717, 1.165) is 26.7 Å². The number of nitrogens with one attached hydrogen (secondary N) is 2. The minimum Gasteiger partial charge on any atom is -0.480 e. The number of fused-ring (bicyclic) bond motifs is 1. The van der Waals surface area contributed by atoms with Crippen LogP contribution < -0.4 is 4.72 Å². The van der Waals surface area contributed by atoms with Gasteiger partial charge in [0.15, 0.2) is 23.3 Å². The summed E-state index contributed by atoms with van der Waals surface area (Å²) >= 11 is 2.96. The number of rotatable bonds is 6. The van der Waals surface area contributed by atoms with Crippen LogP contribution in [-0.2, 0) is 21.2 Å². The van der Waals surface area contributed by atoms with Crippen molar-refractivity contribution in [2.75, 3.05) is 0 Å². The van der Waals surface area contributed by atoms with Crippen molar-refractivity contribution in [2.24, 2.45) is 0 Å². The first-order valence-corrected chi connectivity index (χ1v) is 13.3. The minimum absolute atomic E-state index is 0.218. The normalized spacial score (nSPS) is 12.4. The molecule has 0 fully saturated rings. The highest BCUT2D eigenvalue weighted by Crippen LogP contribution is 2.30. The Balaban J connectivity index is 1.58. The van der Waals surface area contributed by atoms with Crippen LogP contribution in [0.25, 0.3) is 10.9 Å². The van der Waals surface area contributed by atoms with Gasteiger partial charge in [0, 0.05) is 27.1 Å². The lowest BCUT2D eigenvalue weighted by Crippen LogP contribution is -2.42. The van der Waals surface area contributed by atoms with Gasteiger partial charge in [0.05, 0.1) is 10.4 Å². The second-order valence-electron chi connectivity index (χ2n) is 7.41. The molecule has 0 unspecified atom stereocenters. The maximum Gasteiger partial charge on any atom is 0.322 e. The number of carboxylic acid groups (broad SMARTS) is 1. The van der Waals surface area contributed by atoms with Crippen molar-refractivity contribution in [2.45, 2.75) is 16.7 Å². The molecule has 2 heterocycles. The maximum atomic E-state index is 14.3. The first kappa shape index (κ1) is 26.1. The number of sulfonamides is 1. The van der Waals surface area contributed by atoms with Crippen molar-refractivity contribution in [3.05, 3.63) is 85.4 Å². The van der Waals surface area contributed by atoms with Gasteiger partial charge < -0.3 is 10.1 Å². The van der Waals surface area contributed by atoms with E-state index < -0.39 is 62.6 Å². The fourth-order valence-electron chi connectivity index (χ4n) is 3.30. The van der Waals surface area contributed by atoms with Gasteiger partial charge in [0.25, 0.3) is 10.0 Å². The van der Waals surface area contributed by atoms with E-state index in [9.17, 15) is 35.9 Å². The van der Waals surface area contributed by atoms with Gasteiger partial charge in [0.1, 0.15) is 10.3 Å². The Hall–Kier alpha value is -2.93. The van der Waals surface area contributed by atoms with E-state index in [1.54, 1.807) is 12.1 Å². The molecule has 0 aliphatic rings. The highest BCUT2D eigenvalue weighted by atomic mass is 127. The molecule has 6 nitrogen and oxygen atoms in total. The van der Waals surface area contributed by atoms with Crippen molar-refractivity contribution >= 4 is 60.8 Å². The summed E-state index contributed by atoms with van der Waals surface area (Å²) < 4.78 is 84.0. The number of hydrogen-bond acceptors (Lipinski definition) is 4. The SMILES string of the molecule is O=C(O)[C@@H](Cc1c[nH]c2c(F)c(F)c(F)c(F)c12)NS(=O)(=O)c1ccc(C#Cc2ccc(I)cc2)s1. The largest absolute Gasteiger partial charge is 0.480 e. The van der Waals surface area contributed by atoms with Crippen LogP contribution in [0.4, 0.5) is 17.6 Å². The van der Waals surface area contributed by atoms with E-state index in [2.05, 4.69) is 39.4 Å². The number of aromatic nitrogens is 1. The average Bonchev–Trinajstić information content (AvgIpc) is 3.48. The van der Waals surface area contributed by atoms with Gasteiger partial charge in [-0.05, 0) is 64.6 Å². The molecule has 0 aliphatic heterocycles. The average molecular weight is 648 g/mol. The van der Waals surface area contributed by atoms with Gasteiger partial charge in [-0.3, -0.25) is 4.79 Å². The molecule has 0 amide bonds. The number of hydrogen-bond donors (Lipinski definition) is 3. The third-order valence-electron chi connectivity index (χ3n) is 5.02. The first-order chi connectivity index (χ1) is 17.0. The Bertz CT molecular complexity index is 1660. The van der Waals surface area contributed by atoms with E-state index in [1.165, 1.54) is 12.1 Å². The zero-order chi connectivity index (χ0) is 26.2. The lowest BCUT2D eigenvalue weighted by Gasteiger charge is -2.14. The molecule has 0 bridgehead atoms. The summed E-state index contributed by atoms with van der Waals surface area (Å²) in [4.78, 5) is 14.4. The zero-order valence-electron chi connectivity index (χ0n) is 17.7. The van der Waals surface area contributed by atoms with Crippen LogP contribution in [0.1, 0.15) is 16.0 Å². The smallest absolute Gasteiger partial charge is 0.322 e. The van der Waals surface area contributed by atoms with Crippen LogP contribution in [0, 0.1) is 38.7 Å². The van der Waals surface area contributed by atoms with E-state index in [0.29, 0.717) is 4.88 Å². The van der Waals surface area contributed by atoms with Crippen LogP contribution in [0.5, 0.6) is 0 Å². The first-order valence-electron chi connectivity index (χ1n) is 9.92. The number of benzene rings is 2. The summed E-state index contributed by atoms with van der Waals surface area (Å²) in [5, 5.41) is 8.85. The third-order valence-corrected chi connectivity index (χ3v) is 8.70. The Labute approximate surface area is 219 Å². The molecule has 4 aromatic rings. The van der Waals surface area contributed by atoms with Crippen LogP contribution in [0.3, 0.4) is 0 Å². The van der Waals surface area contributed by atoms with Crippen LogP contribution in [-0.4, -0.2) is 30.5 Å². The van der Waals surface area contributed by atoms with Crippen molar-refractivity contribution < 1.29 is 35.9 Å². The van der Waals surface area contributed by atoms with E-state index >= 15 is 0 Å². The van der Waals surface area contributed by atoms with Crippen molar-refractivity contribution in [3.8, 4) is 11.8 Å². The van der Waals surface area contributed by atoms with Crippen molar-refractivity contribution in [3.63, 3.8) is 0 Å². The second-order valence-corrected chi connectivity index (χ2v) is 11.7. The summed E-state index contributed by atoms with van der Waals surface area (Å²) in [7, 11) is -4.36. The van der Waals surface area contributed by atoms with Gasteiger partial charge in [-0.15, -0.1) is 11.3 Å². The van der Waals surface area contributed by atoms with Crippen molar-refractivity contribution in [1.82, 2.24) is 9.71 Å². The summed E-state index contributed by atoms with van der Waals surface area (Å²) in [5.74, 6) is -3.37. The van der Waals surface area contributed by atoms with Crippen LogP contribution in [0.15, 0.2) is 46.8 Å². The number of aliphatic carboxylic acids is 1. The molecule has 3 N–H and O–H groups in total. The molecular formula is C23H13F4IN2O4S2. The fourth-order valence-corrected chi connectivity index (χ4v) is 6.03. The zero-order valence-corrected chi connectivity index (χ0v) is 21.5. The number of thiophene rings is 1. The Kier molecular flexibility index (Phi) is 7.41. The van der Waals surface area contributed by atoms with Crippen molar-refractivity contribution in [1.29, 1.82) is 0 Å². The standard InChI is InChI=1S/C23H13F4IN2O4S2/c24-18-17-12(10-29-22(17)21(27)20(26)19(18)25)9-15(23(31)32)30-36(33,34)16-8-7-14(35-16)6-3-11-1-4-13(28)5-2-11/h1-2,4-5,7-8,10,15,29-30H,9H2,(H,31,32)/t15-/m1/s1. The van der Waals surface area contributed by atoms with Crippen LogP contribution >= 0.6 is 33.9 Å². The fraction of sp³-hybridized carbons (Fsp3) is 0.0870. The van der Waals surface area contributed by atoms with Gasteiger partial charge in [0.2, 0.25) is 0 Å². The Morgan fingerprint density at radius 1 is 1.03 bits per heavy atom. The highest BCUT2D eigenvalue weighted by Gasteiger charge is 2.30. The highest BCUT2D eigenvalue weighted by molar-refractivity contribution is 14.1. The molecule has 4 rings (SSSR count). The summed E-state index contributed by atoms with van der Waals surface area (Å²) in [5.41, 5.74) is -0.246. The van der Waals surface area contributed by atoms with Gasteiger partial charge in [-0.2, -0.15) is 4.72 Å². The summed E-state index contributed by atoms with van der Waals surface area (Å²) in [6, 6.07) is 8.23. The molecule has 0 spiro atoms. The molecule has 0 saturated carbocycles. The molecule has 0 radical (unpaired) electrons. The molecule has 1 atom stereocenters. The van der Waals surface area contributed by atoms with Gasteiger partial charge in [-0.1, -0.05) is 11.8 Å². The molecule has 0 aliphatic carbocycles. The summed E-state index contributed by atoms with van der Waals surface area (Å²) in [6.45, 7) is 0. The number of carbonyl (C=O) groups is 1. The van der Waals surface area contributed by atoms with Crippen LogP contribution in [0.2, 0.25) is 0 Å². The molecule has 13 heteroatoms. The lowest BCUT2D eigenvalue weighted by atomic mass is 10.0. The Morgan fingerprint density at radius 2 is 1.69 bits per heavy atom. The lowest BCUT2D eigenvalue weighted by molar-refractivity contribution is -0.138. The number of halogens is 5. The van der Waals surface area contributed by atoms with Gasteiger partial charge >= 0.3 is 5.97 Å². The molecular weight excluding hydrogens is 635 g/mol. The molecule has 2 aromatic heterocycles. The number of aromatic amines is 1. The second kappa shape index (κ2) is 10.2. The predicted molar refractivity (Wildman–Crippen MR) is 133 cm³/mol. The third kappa shape index (κ3) is 5.26. The quantitative estimate of drug-likeness (QED) is 0.0924. The monoisotopic (exact) mass is 648 g/mol. The van der Waals surface area contributed by atoms with Gasteiger partial charge in [-0.25, -0.2) is 26.0 Å². The molecule has 36 heavy (non-hydrogen) atoms. The minimum atomic E-state index is -4.36. The molecule has 0 saturated heterocycles. The predicted octanol–water partition coefficient (Wildman–Crippen LogP) is 4.76. The van der Waals surface area contributed by atoms with E-state index in [4.69, 9.17) is 0 Å². The molecule has 2 aromatic carbocycles. The summed E-state index contributed by atoms with van der Waals surface area (Å²) in [6.07, 6.45) is 0.282. The number of carboxylic acids is 1. The molecule has 186 valence electrons. The van der Waals surface area contributed by atoms with E-state index in [1.807, 2.05) is 16.9 Å². The Morgan fingerprint density at radius 3 is 2.36 bits per heavy atom. The topological polar surface area (TPSA) is 99.3 Å².